The number of hydrogen-bond acceptors (Lipinski definition) is 9. The van der Waals surface area contributed by atoms with Crippen molar-refractivity contribution in [1.82, 2.24) is 20.5 Å². The predicted molar refractivity (Wildman–Crippen MR) is 107 cm³/mol. The molecule has 3 aliphatic heterocycles. The number of nitrogens with zero attached hydrogens (tertiary/aromatic N) is 2. The molecule has 0 aromatic carbocycles. The van der Waals surface area contributed by atoms with Crippen LogP contribution in [-0.2, 0) is 19.1 Å². The van der Waals surface area contributed by atoms with E-state index in [1.807, 2.05) is 0 Å². The minimum atomic E-state index is -0.997. The highest BCUT2D eigenvalue weighted by molar-refractivity contribution is 6.25. The number of carbonyl (C=O) groups excluding carboxylic acids is 4. The van der Waals surface area contributed by atoms with Gasteiger partial charge >= 0.3 is 0 Å². The zero-order valence-electron chi connectivity index (χ0n) is 17.0. The molecule has 1 aromatic rings. The molecule has 4 heterocycles. The molecule has 2 saturated heterocycles. The fraction of sp³-hybridized carbons (Fsp3) is 0.550. The Balaban J connectivity index is 1.33. The van der Waals surface area contributed by atoms with E-state index in [0.29, 0.717) is 38.6 Å². The van der Waals surface area contributed by atoms with Gasteiger partial charge in [-0.15, -0.1) is 0 Å². The van der Waals surface area contributed by atoms with Gasteiger partial charge in [-0.1, -0.05) is 0 Å². The van der Waals surface area contributed by atoms with Crippen molar-refractivity contribution in [3.8, 4) is 0 Å². The molecule has 0 spiro atoms. The summed E-state index contributed by atoms with van der Waals surface area (Å²) in [6.45, 7) is 3.84. The minimum Gasteiger partial charge on any atom is -0.379 e. The lowest BCUT2D eigenvalue weighted by Crippen LogP contribution is -2.54. The van der Waals surface area contributed by atoms with Crippen molar-refractivity contribution in [2.24, 2.45) is 0 Å². The van der Waals surface area contributed by atoms with Crippen molar-refractivity contribution in [2.75, 3.05) is 44.8 Å². The molecule has 0 aliphatic carbocycles. The number of pyridine rings is 1. The number of amides is 4. The van der Waals surface area contributed by atoms with E-state index in [9.17, 15) is 19.2 Å². The van der Waals surface area contributed by atoms with E-state index < -0.39 is 29.7 Å². The molecule has 4 rings (SSSR count). The molecule has 0 bridgehead atoms. The van der Waals surface area contributed by atoms with Gasteiger partial charge in [0.1, 0.15) is 11.9 Å². The molecule has 0 saturated carbocycles. The Morgan fingerprint density at radius 2 is 2.13 bits per heavy atom. The van der Waals surface area contributed by atoms with Gasteiger partial charge in [-0.05, 0) is 18.9 Å². The summed E-state index contributed by atoms with van der Waals surface area (Å²) < 4.78 is 11.2. The largest absolute Gasteiger partial charge is 0.379 e. The van der Waals surface area contributed by atoms with Gasteiger partial charge < -0.3 is 20.1 Å². The van der Waals surface area contributed by atoms with Gasteiger partial charge in [-0.25, -0.2) is 4.98 Å². The van der Waals surface area contributed by atoms with Gasteiger partial charge in [0.2, 0.25) is 11.8 Å². The fourth-order valence-electron chi connectivity index (χ4n) is 3.87. The first-order valence-corrected chi connectivity index (χ1v) is 10.4. The maximum Gasteiger partial charge on any atom is 0.266 e. The standard InChI is InChI=1S/C20H25N5O6/c26-15-3-2-14(18(27)24-15)25-19(28)13-4-6-23-17(16(13)20(25)29)22-5-1-8-30-11-12-10-21-7-9-31-12/h4,6,12,14,21H,1-3,5,7-11H2,(H,22,23)(H,24,26,27)/t12-,14?/m0/s1. The lowest BCUT2D eigenvalue weighted by atomic mass is 10.0. The van der Waals surface area contributed by atoms with Crippen LogP contribution >= 0.6 is 0 Å². The van der Waals surface area contributed by atoms with Crippen LogP contribution < -0.4 is 16.0 Å². The molecule has 11 nitrogen and oxygen atoms in total. The van der Waals surface area contributed by atoms with Crippen LogP contribution in [0, 0.1) is 0 Å². The molecule has 0 radical (unpaired) electrons. The van der Waals surface area contributed by atoms with Crippen LogP contribution in [0.2, 0.25) is 0 Å². The predicted octanol–water partition coefficient (Wildman–Crippen LogP) is -0.710. The lowest BCUT2D eigenvalue weighted by Gasteiger charge is -2.27. The van der Waals surface area contributed by atoms with E-state index in [0.717, 1.165) is 18.0 Å². The third-order valence-electron chi connectivity index (χ3n) is 5.42. The van der Waals surface area contributed by atoms with Crippen molar-refractivity contribution in [1.29, 1.82) is 0 Å². The normalized spacial score (nSPS) is 23.7. The number of ether oxygens (including phenoxy) is 2. The molecule has 3 N–H and O–H groups in total. The Bertz CT molecular complexity index is 885. The second kappa shape index (κ2) is 9.50. The van der Waals surface area contributed by atoms with E-state index in [2.05, 4.69) is 20.9 Å². The topological polar surface area (TPSA) is 139 Å². The highest BCUT2D eigenvalue weighted by Gasteiger charge is 2.45. The summed E-state index contributed by atoms with van der Waals surface area (Å²) in [4.78, 5) is 54.5. The molecule has 2 atom stereocenters. The zero-order chi connectivity index (χ0) is 21.8. The van der Waals surface area contributed by atoms with Crippen LogP contribution in [0.25, 0.3) is 0 Å². The number of rotatable bonds is 8. The molecular weight excluding hydrogens is 406 g/mol. The highest BCUT2D eigenvalue weighted by Crippen LogP contribution is 2.31. The van der Waals surface area contributed by atoms with E-state index in [4.69, 9.17) is 9.47 Å². The summed E-state index contributed by atoms with van der Waals surface area (Å²) in [7, 11) is 0. The molecule has 11 heteroatoms. The second-order valence-electron chi connectivity index (χ2n) is 7.58. The summed E-state index contributed by atoms with van der Waals surface area (Å²) in [5.74, 6) is -1.88. The summed E-state index contributed by atoms with van der Waals surface area (Å²) in [6.07, 6.45) is 2.37. The lowest BCUT2D eigenvalue weighted by molar-refractivity contribution is -0.136. The number of morpholine rings is 1. The maximum absolute atomic E-state index is 13.0. The van der Waals surface area contributed by atoms with Gasteiger partial charge in [0.05, 0.1) is 30.4 Å². The Hall–Kier alpha value is -2.89. The smallest absolute Gasteiger partial charge is 0.266 e. The molecule has 4 amide bonds. The summed E-state index contributed by atoms with van der Waals surface area (Å²) in [5.41, 5.74) is 0.352. The summed E-state index contributed by atoms with van der Waals surface area (Å²) >= 11 is 0. The number of imide groups is 2. The van der Waals surface area contributed by atoms with Gasteiger partial charge in [-0.2, -0.15) is 0 Å². The van der Waals surface area contributed by atoms with Crippen molar-refractivity contribution in [2.45, 2.75) is 31.4 Å². The fourth-order valence-corrected chi connectivity index (χ4v) is 3.87. The van der Waals surface area contributed by atoms with Crippen LogP contribution in [-0.4, -0.2) is 85.1 Å². The Labute approximate surface area is 178 Å². The summed E-state index contributed by atoms with van der Waals surface area (Å²) in [5, 5.41) is 8.51. The number of anilines is 1. The van der Waals surface area contributed by atoms with E-state index in [1.54, 1.807) is 0 Å². The Morgan fingerprint density at radius 1 is 1.26 bits per heavy atom. The number of fused-ring (bicyclic) bond motifs is 1. The van der Waals surface area contributed by atoms with Crippen molar-refractivity contribution in [3.63, 3.8) is 0 Å². The minimum absolute atomic E-state index is 0.0580. The molecule has 2 fully saturated rings. The molecule has 3 aliphatic rings. The van der Waals surface area contributed by atoms with E-state index >= 15 is 0 Å². The Morgan fingerprint density at radius 3 is 2.90 bits per heavy atom. The first kappa shape index (κ1) is 21.3. The van der Waals surface area contributed by atoms with Crippen molar-refractivity contribution < 1.29 is 28.7 Å². The van der Waals surface area contributed by atoms with Crippen LogP contribution in [0.4, 0.5) is 5.82 Å². The second-order valence-corrected chi connectivity index (χ2v) is 7.58. The zero-order valence-corrected chi connectivity index (χ0v) is 17.0. The highest BCUT2D eigenvalue weighted by atomic mass is 16.5. The average molecular weight is 431 g/mol. The van der Waals surface area contributed by atoms with Crippen LogP contribution in [0.3, 0.4) is 0 Å². The van der Waals surface area contributed by atoms with Crippen LogP contribution in [0.5, 0.6) is 0 Å². The Kier molecular flexibility index (Phi) is 6.54. The van der Waals surface area contributed by atoms with E-state index in [-0.39, 0.29) is 30.1 Å². The number of hydrogen-bond donors (Lipinski definition) is 3. The third-order valence-corrected chi connectivity index (χ3v) is 5.42. The SMILES string of the molecule is O=C1CCC(N2C(=O)c3ccnc(NCCCOC[C@@H]4CNCCO4)c3C2=O)C(=O)N1. The maximum atomic E-state index is 13.0. The first-order valence-electron chi connectivity index (χ1n) is 10.4. The number of aromatic nitrogens is 1. The molecule has 1 aromatic heterocycles. The third kappa shape index (κ3) is 4.58. The number of carbonyl (C=O) groups is 4. The first-order chi connectivity index (χ1) is 15.1. The molecule has 166 valence electrons. The molecule has 31 heavy (non-hydrogen) atoms. The van der Waals surface area contributed by atoms with E-state index in [1.165, 1.54) is 12.3 Å². The quantitative estimate of drug-likeness (QED) is 0.360. The van der Waals surface area contributed by atoms with Crippen molar-refractivity contribution in [3.05, 3.63) is 23.4 Å². The number of nitrogens with one attached hydrogen (secondary N) is 3. The van der Waals surface area contributed by atoms with Crippen LogP contribution in [0.15, 0.2) is 12.3 Å². The van der Waals surface area contributed by atoms with Gasteiger partial charge in [0.15, 0.2) is 0 Å². The van der Waals surface area contributed by atoms with Crippen molar-refractivity contribution >= 4 is 29.4 Å². The van der Waals surface area contributed by atoms with Crippen LogP contribution in [0.1, 0.15) is 40.0 Å². The van der Waals surface area contributed by atoms with Gasteiger partial charge in [0, 0.05) is 38.9 Å². The average Bonchev–Trinajstić information content (AvgIpc) is 3.02. The van der Waals surface area contributed by atoms with Gasteiger partial charge in [-0.3, -0.25) is 29.4 Å². The van der Waals surface area contributed by atoms with Gasteiger partial charge in [0.25, 0.3) is 11.8 Å². The molecule has 1 unspecified atom stereocenters. The monoisotopic (exact) mass is 431 g/mol. The summed E-state index contributed by atoms with van der Waals surface area (Å²) in [6, 6.07) is 0.469. The number of piperidine rings is 1. The molecular formula is C20H25N5O6.